The minimum atomic E-state index is 0.519. The number of hydrogen-bond acceptors (Lipinski definition) is 10. The van der Waals surface area contributed by atoms with E-state index in [2.05, 4.69) is 32.8 Å². The molecule has 0 saturated carbocycles. The molecule has 2 N–H and O–H groups in total. The molecule has 1 aliphatic rings. The second-order valence-corrected chi connectivity index (χ2v) is 10.1. The highest BCUT2D eigenvalue weighted by Gasteiger charge is 2.25. The summed E-state index contributed by atoms with van der Waals surface area (Å²) in [6, 6.07) is 20.0. The summed E-state index contributed by atoms with van der Waals surface area (Å²) < 4.78 is 23.9. The molecule has 5 aromatic rings. The summed E-state index contributed by atoms with van der Waals surface area (Å²) in [4.78, 5) is 16.7. The van der Waals surface area contributed by atoms with Gasteiger partial charge in [0.1, 0.15) is 6.33 Å². The van der Waals surface area contributed by atoms with E-state index in [0.717, 1.165) is 47.7 Å². The highest BCUT2D eigenvalue weighted by atomic mass is 16.5. The van der Waals surface area contributed by atoms with Crippen LogP contribution in [0.2, 0.25) is 0 Å². The summed E-state index contributed by atoms with van der Waals surface area (Å²) >= 11 is 0. The van der Waals surface area contributed by atoms with E-state index in [0.29, 0.717) is 41.9 Å². The first-order valence-electron chi connectivity index (χ1n) is 14.1. The zero-order valence-electron chi connectivity index (χ0n) is 24.8. The average Bonchev–Trinajstić information content (AvgIpc) is 3.45. The van der Waals surface area contributed by atoms with Crippen molar-refractivity contribution in [2.45, 2.75) is 19.4 Å². The van der Waals surface area contributed by atoms with Gasteiger partial charge in [-0.05, 0) is 65.9 Å². The van der Waals surface area contributed by atoms with Crippen molar-refractivity contribution in [3.05, 3.63) is 83.7 Å². The molecule has 11 heteroatoms. The molecule has 6 rings (SSSR count). The number of ether oxygens (including phenoxy) is 4. The molecule has 3 heterocycles. The molecule has 1 aliphatic heterocycles. The summed E-state index contributed by atoms with van der Waals surface area (Å²) in [6.45, 7) is 2.06. The van der Waals surface area contributed by atoms with Crippen molar-refractivity contribution < 1.29 is 18.9 Å². The smallest absolute Gasteiger partial charge is 0.226 e. The van der Waals surface area contributed by atoms with E-state index in [1.807, 2.05) is 53.2 Å². The predicted octanol–water partition coefficient (Wildman–Crippen LogP) is 4.95. The van der Waals surface area contributed by atoms with Gasteiger partial charge in [-0.3, -0.25) is 5.43 Å². The van der Waals surface area contributed by atoms with Gasteiger partial charge in [0.2, 0.25) is 5.95 Å². The Morgan fingerprint density at radius 3 is 2.26 bits per heavy atom. The maximum absolute atomic E-state index is 5.60. The van der Waals surface area contributed by atoms with E-state index in [1.165, 1.54) is 11.1 Å². The van der Waals surface area contributed by atoms with Crippen molar-refractivity contribution >= 4 is 28.6 Å². The lowest BCUT2D eigenvalue weighted by molar-refractivity contribution is 0.353. The number of imidazole rings is 1. The molecule has 2 aromatic heterocycles. The SMILES string of the molecule is COc1ccc(CCNc2nc(N3CCc4cc(OC)c(OC)cc4C3)c3c(ncn3Nc3ccccc3)n2)cc1OC. The summed E-state index contributed by atoms with van der Waals surface area (Å²) in [5.41, 5.74) is 9.29. The standard InChI is InChI=1S/C32H35N7O4/c1-40-25-11-10-21(16-26(25)41-2)12-14-33-32-35-30-29(39(20-34-30)37-24-8-6-5-7-9-24)31(36-32)38-15-13-22-17-27(42-3)28(43-4)18-23(22)19-38/h5-11,16-18,20,37H,12-15,19H2,1-4H3,(H,33,35,36). The van der Waals surface area contributed by atoms with Gasteiger partial charge in [0.15, 0.2) is 40.0 Å². The molecule has 0 bridgehead atoms. The minimum absolute atomic E-state index is 0.519. The highest BCUT2D eigenvalue weighted by Crippen LogP contribution is 2.36. The largest absolute Gasteiger partial charge is 0.493 e. The Hall–Kier alpha value is -5.19. The lowest BCUT2D eigenvalue weighted by atomic mass is 9.98. The third kappa shape index (κ3) is 5.78. The monoisotopic (exact) mass is 581 g/mol. The number of nitrogens with zero attached hydrogens (tertiary/aromatic N) is 5. The minimum Gasteiger partial charge on any atom is -0.493 e. The molecule has 43 heavy (non-hydrogen) atoms. The Balaban J connectivity index is 1.31. The molecule has 11 nitrogen and oxygen atoms in total. The van der Waals surface area contributed by atoms with Crippen LogP contribution in [0.1, 0.15) is 16.7 Å². The van der Waals surface area contributed by atoms with Gasteiger partial charge in [0.25, 0.3) is 0 Å². The summed E-state index contributed by atoms with van der Waals surface area (Å²) in [7, 11) is 6.60. The number of anilines is 3. The molecule has 0 radical (unpaired) electrons. The molecule has 0 saturated heterocycles. The van der Waals surface area contributed by atoms with E-state index < -0.39 is 0 Å². The van der Waals surface area contributed by atoms with Gasteiger partial charge in [-0.15, -0.1) is 0 Å². The molecule has 222 valence electrons. The number of rotatable bonds is 11. The van der Waals surface area contributed by atoms with Crippen LogP contribution in [0.5, 0.6) is 23.0 Å². The molecule has 0 unspecified atom stereocenters. The fourth-order valence-electron chi connectivity index (χ4n) is 5.36. The van der Waals surface area contributed by atoms with Crippen LogP contribution in [0.3, 0.4) is 0 Å². The van der Waals surface area contributed by atoms with Crippen LogP contribution in [0.15, 0.2) is 67.0 Å². The molecule has 0 atom stereocenters. The Morgan fingerprint density at radius 2 is 1.51 bits per heavy atom. The van der Waals surface area contributed by atoms with E-state index >= 15 is 0 Å². The topological polar surface area (TPSA) is 108 Å². The first-order chi connectivity index (χ1) is 21.1. The van der Waals surface area contributed by atoms with Gasteiger partial charge in [0.05, 0.1) is 34.1 Å². The van der Waals surface area contributed by atoms with Gasteiger partial charge in [0, 0.05) is 19.6 Å². The van der Waals surface area contributed by atoms with Crippen LogP contribution >= 0.6 is 0 Å². The molecular formula is C32H35N7O4. The maximum atomic E-state index is 5.60. The zero-order valence-corrected chi connectivity index (χ0v) is 24.8. The number of nitrogens with one attached hydrogen (secondary N) is 2. The van der Waals surface area contributed by atoms with E-state index in [1.54, 1.807) is 34.8 Å². The Labute approximate surface area is 250 Å². The number of benzene rings is 3. The zero-order chi connectivity index (χ0) is 29.8. The molecule has 0 spiro atoms. The Kier molecular flexibility index (Phi) is 8.03. The van der Waals surface area contributed by atoms with Crippen LogP contribution < -0.4 is 34.6 Å². The number of para-hydroxylation sites is 1. The first kappa shape index (κ1) is 28.0. The van der Waals surface area contributed by atoms with Crippen molar-refractivity contribution in [3.8, 4) is 23.0 Å². The molecule has 3 aromatic carbocycles. The molecule has 0 amide bonds. The third-order valence-corrected chi connectivity index (χ3v) is 7.57. The van der Waals surface area contributed by atoms with Crippen LogP contribution in [-0.2, 0) is 19.4 Å². The maximum Gasteiger partial charge on any atom is 0.226 e. The van der Waals surface area contributed by atoms with E-state index in [9.17, 15) is 0 Å². The van der Waals surface area contributed by atoms with Gasteiger partial charge < -0.3 is 29.2 Å². The Bertz CT molecular complexity index is 1720. The molecule has 0 aliphatic carbocycles. The summed E-state index contributed by atoms with van der Waals surface area (Å²) in [5, 5.41) is 3.42. The van der Waals surface area contributed by atoms with Gasteiger partial charge in [-0.25, -0.2) is 9.66 Å². The first-order valence-corrected chi connectivity index (χ1v) is 14.1. The van der Waals surface area contributed by atoms with Crippen LogP contribution in [0.4, 0.5) is 17.5 Å². The number of fused-ring (bicyclic) bond motifs is 2. The van der Waals surface area contributed by atoms with Crippen LogP contribution in [0, 0.1) is 0 Å². The third-order valence-electron chi connectivity index (χ3n) is 7.57. The van der Waals surface area contributed by atoms with Crippen molar-refractivity contribution in [1.29, 1.82) is 0 Å². The van der Waals surface area contributed by atoms with Crippen LogP contribution in [-0.4, -0.2) is 61.2 Å². The lowest BCUT2D eigenvalue weighted by Crippen LogP contribution is -2.32. The average molecular weight is 582 g/mol. The van der Waals surface area contributed by atoms with Crippen molar-refractivity contribution in [3.63, 3.8) is 0 Å². The van der Waals surface area contributed by atoms with Gasteiger partial charge in [-0.1, -0.05) is 24.3 Å². The Morgan fingerprint density at radius 1 is 0.791 bits per heavy atom. The lowest BCUT2D eigenvalue weighted by Gasteiger charge is -2.31. The quantitative estimate of drug-likeness (QED) is 0.222. The normalized spacial score (nSPS) is 12.5. The number of hydrogen-bond donors (Lipinski definition) is 2. The number of methoxy groups -OCH3 is 4. The van der Waals surface area contributed by atoms with Crippen molar-refractivity contribution in [2.75, 3.05) is 57.2 Å². The second-order valence-electron chi connectivity index (χ2n) is 10.1. The van der Waals surface area contributed by atoms with Crippen LogP contribution in [0.25, 0.3) is 11.2 Å². The van der Waals surface area contributed by atoms with Crippen molar-refractivity contribution in [1.82, 2.24) is 19.6 Å². The fraction of sp³-hybridized carbons (Fsp3) is 0.281. The summed E-state index contributed by atoms with van der Waals surface area (Å²) in [6.07, 6.45) is 3.33. The molecular weight excluding hydrogens is 546 g/mol. The fourth-order valence-corrected chi connectivity index (χ4v) is 5.36. The number of aromatic nitrogens is 4. The van der Waals surface area contributed by atoms with Crippen molar-refractivity contribution in [2.24, 2.45) is 0 Å². The summed E-state index contributed by atoms with van der Waals surface area (Å²) in [5.74, 6) is 4.17. The predicted molar refractivity (Wildman–Crippen MR) is 167 cm³/mol. The van der Waals surface area contributed by atoms with E-state index in [4.69, 9.17) is 28.9 Å². The molecule has 0 fully saturated rings. The van der Waals surface area contributed by atoms with Gasteiger partial charge in [-0.2, -0.15) is 9.97 Å². The highest BCUT2D eigenvalue weighted by molar-refractivity contribution is 5.86. The van der Waals surface area contributed by atoms with Gasteiger partial charge >= 0.3 is 0 Å². The second kappa shape index (κ2) is 12.4. The van der Waals surface area contributed by atoms with E-state index in [-0.39, 0.29) is 0 Å².